The molecule has 1 aromatic carbocycles. The normalized spacial score (nSPS) is 13.2. The first kappa shape index (κ1) is 20.7. The predicted molar refractivity (Wildman–Crippen MR) is 97.8 cm³/mol. The molecule has 0 aliphatic heterocycles. The number of nitrogens with two attached hydrogens (primary N) is 1. The number of rotatable bonds is 8. The van der Waals surface area contributed by atoms with Gasteiger partial charge in [0.05, 0.1) is 0 Å². The third-order valence-electron chi connectivity index (χ3n) is 4.11. The molecular formula is C19H29N3O3. The molecule has 138 valence electrons. The van der Waals surface area contributed by atoms with Gasteiger partial charge in [-0.15, -0.1) is 0 Å². The Balaban J connectivity index is 2.93. The molecule has 0 aliphatic rings. The SMILES string of the molecule is CC(=O)N[C@@H](CC(C)C)C(=O)N[C@H](Cc1c(C)cccc1C)C(N)=O. The predicted octanol–water partition coefficient (Wildman–Crippen LogP) is 1.37. The molecule has 0 saturated carbocycles. The van der Waals surface area contributed by atoms with E-state index in [1.54, 1.807) is 0 Å². The van der Waals surface area contributed by atoms with Crippen molar-refractivity contribution in [1.29, 1.82) is 0 Å². The quantitative estimate of drug-likeness (QED) is 0.662. The number of primary amides is 1. The number of amides is 3. The number of hydrogen-bond donors (Lipinski definition) is 3. The Morgan fingerprint density at radius 3 is 2.04 bits per heavy atom. The van der Waals surface area contributed by atoms with Crippen molar-refractivity contribution in [3.63, 3.8) is 0 Å². The molecule has 6 heteroatoms. The summed E-state index contributed by atoms with van der Waals surface area (Å²) in [7, 11) is 0. The number of hydrogen-bond acceptors (Lipinski definition) is 3. The van der Waals surface area contributed by atoms with Crippen LogP contribution in [0.15, 0.2) is 18.2 Å². The highest BCUT2D eigenvalue weighted by Gasteiger charge is 2.26. The topological polar surface area (TPSA) is 101 Å². The van der Waals surface area contributed by atoms with Crippen LogP contribution < -0.4 is 16.4 Å². The number of benzene rings is 1. The fourth-order valence-corrected chi connectivity index (χ4v) is 2.82. The molecule has 0 unspecified atom stereocenters. The molecular weight excluding hydrogens is 318 g/mol. The Morgan fingerprint density at radius 2 is 1.60 bits per heavy atom. The van der Waals surface area contributed by atoms with E-state index in [4.69, 9.17) is 5.73 Å². The second kappa shape index (κ2) is 9.20. The molecule has 0 aromatic heterocycles. The van der Waals surface area contributed by atoms with Crippen molar-refractivity contribution in [3.8, 4) is 0 Å². The average molecular weight is 347 g/mol. The van der Waals surface area contributed by atoms with E-state index in [0.717, 1.165) is 16.7 Å². The molecule has 6 nitrogen and oxygen atoms in total. The fraction of sp³-hybridized carbons (Fsp3) is 0.526. The van der Waals surface area contributed by atoms with Gasteiger partial charge < -0.3 is 16.4 Å². The molecule has 0 fully saturated rings. The Hall–Kier alpha value is -2.37. The van der Waals surface area contributed by atoms with Gasteiger partial charge in [-0.2, -0.15) is 0 Å². The van der Waals surface area contributed by atoms with E-state index in [0.29, 0.717) is 12.8 Å². The summed E-state index contributed by atoms with van der Waals surface area (Å²) in [6, 6.07) is 4.36. The maximum absolute atomic E-state index is 12.6. The smallest absolute Gasteiger partial charge is 0.243 e. The monoisotopic (exact) mass is 347 g/mol. The molecule has 4 N–H and O–H groups in total. The minimum atomic E-state index is -0.823. The van der Waals surface area contributed by atoms with Crippen molar-refractivity contribution >= 4 is 17.7 Å². The first-order chi connectivity index (χ1) is 11.6. The van der Waals surface area contributed by atoms with Gasteiger partial charge in [0.2, 0.25) is 17.7 Å². The Kier molecular flexibility index (Phi) is 7.61. The summed E-state index contributed by atoms with van der Waals surface area (Å²) in [4.78, 5) is 35.8. The van der Waals surface area contributed by atoms with E-state index in [1.807, 2.05) is 45.9 Å². The molecule has 0 spiro atoms. The number of nitrogens with one attached hydrogen (secondary N) is 2. The van der Waals surface area contributed by atoms with Crippen molar-refractivity contribution in [2.45, 2.75) is 59.5 Å². The van der Waals surface area contributed by atoms with Crippen LogP contribution in [0.2, 0.25) is 0 Å². The lowest BCUT2D eigenvalue weighted by atomic mass is 9.95. The van der Waals surface area contributed by atoms with E-state index in [-0.39, 0.29) is 17.7 Å². The summed E-state index contributed by atoms with van der Waals surface area (Å²) in [5.41, 5.74) is 8.57. The average Bonchev–Trinajstić information content (AvgIpc) is 2.47. The summed E-state index contributed by atoms with van der Waals surface area (Å²) >= 11 is 0. The van der Waals surface area contributed by atoms with Crippen molar-refractivity contribution in [3.05, 3.63) is 34.9 Å². The zero-order chi connectivity index (χ0) is 19.1. The fourth-order valence-electron chi connectivity index (χ4n) is 2.82. The van der Waals surface area contributed by atoms with Gasteiger partial charge in [-0.05, 0) is 42.9 Å². The second-order valence-electron chi connectivity index (χ2n) is 6.92. The summed E-state index contributed by atoms with van der Waals surface area (Å²) in [5.74, 6) is -1.06. The van der Waals surface area contributed by atoms with Crippen LogP contribution in [0.5, 0.6) is 0 Å². The van der Waals surface area contributed by atoms with Crippen molar-refractivity contribution in [2.75, 3.05) is 0 Å². The van der Waals surface area contributed by atoms with Crippen LogP contribution in [0.3, 0.4) is 0 Å². The van der Waals surface area contributed by atoms with Gasteiger partial charge in [0.1, 0.15) is 12.1 Å². The molecule has 1 rings (SSSR count). The highest BCUT2D eigenvalue weighted by atomic mass is 16.2. The van der Waals surface area contributed by atoms with E-state index in [1.165, 1.54) is 6.92 Å². The van der Waals surface area contributed by atoms with E-state index < -0.39 is 18.0 Å². The lowest BCUT2D eigenvalue weighted by Gasteiger charge is -2.23. The van der Waals surface area contributed by atoms with E-state index >= 15 is 0 Å². The molecule has 0 heterocycles. The van der Waals surface area contributed by atoms with Crippen molar-refractivity contribution < 1.29 is 14.4 Å². The third-order valence-corrected chi connectivity index (χ3v) is 4.11. The van der Waals surface area contributed by atoms with Gasteiger partial charge in [-0.25, -0.2) is 0 Å². The number of carbonyl (C=O) groups is 3. The number of carbonyl (C=O) groups excluding carboxylic acids is 3. The van der Waals surface area contributed by atoms with Gasteiger partial charge in [-0.3, -0.25) is 14.4 Å². The van der Waals surface area contributed by atoms with E-state index in [9.17, 15) is 14.4 Å². The van der Waals surface area contributed by atoms with Crippen LogP contribution in [0.25, 0.3) is 0 Å². The molecule has 0 radical (unpaired) electrons. The molecule has 0 saturated heterocycles. The van der Waals surface area contributed by atoms with Gasteiger partial charge in [0.15, 0.2) is 0 Å². The number of aryl methyl sites for hydroxylation is 2. The molecule has 3 amide bonds. The Bertz CT molecular complexity index is 621. The van der Waals surface area contributed by atoms with Gasteiger partial charge in [0, 0.05) is 13.3 Å². The van der Waals surface area contributed by atoms with Crippen LogP contribution in [0.1, 0.15) is 43.9 Å². The second-order valence-corrected chi connectivity index (χ2v) is 6.92. The lowest BCUT2D eigenvalue weighted by molar-refractivity contribution is -0.131. The van der Waals surface area contributed by atoms with Crippen LogP contribution >= 0.6 is 0 Å². The standard InChI is InChI=1S/C19H29N3O3/c1-11(2)9-17(21-14(5)23)19(25)22-16(18(20)24)10-15-12(3)7-6-8-13(15)4/h6-8,11,16-17H,9-10H2,1-5H3,(H2,20,24)(H,21,23)(H,22,25)/t16-,17+/m1/s1. The minimum Gasteiger partial charge on any atom is -0.368 e. The van der Waals surface area contributed by atoms with Crippen molar-refractivity contribution in [1.82, 2.24) is 10.6 Å². The zero-order valence-corrected chi connectivity index (χ0v) is 15.7. The molecule has 1 aromatic rings. The maximum Gasteiger partial charge on any atom is 0.243 e. The molecule has 2 atom stereocenters. The minimum absolute atomic E-state index is 0.216. The largest absolute Gasteiger partial charge is 0.368 e. The maximum atomic E-state index is 12.6. The summed E-state index contributed by atoms with van der Waals surface area (Å²) in [6.07, 6.45) is 0.814. The van der Waals surface area contributed by atoms with Crippen LogP contribution in [0, 0.1) is 19.8 Å². The van der Waals surface area contributed by atoms with E-state index in [2.05, 4.69) is 10.6 Å². The van der Waals surface area contributed by atoms with Gasteiger partial charge in [-0.1, -0.05) is 32.0 Å². The van der Waals surface area contributed by atoms with Crippen LogP contribution in [0.4, 0.5) is 0 Å². The Labute approximate surface area is 149 Å². The highest BCUT2D eigenvalue weighted by molar-refractivity contribution is 5.91. The summed E-state index contributed by atoms with van der Waals surface area (Å²) in [5, 5.41) is 5.34. The summed E-state index contributed by atoms with van der Waals surface area (Å²) in [6.45, 7) is 9.21. The zero-order valence-electron chi connectivity index (χ0n) is 15.7. The van der Waals surface area contributed by atoms with Gasteiger partial charge in [0.25, 0.3) is 0 Å². The van der Waals surface area contributed by atoms with Crippen molar-refractivity contribution in [2.24, 2.45) is 11.7 Å². The van der Waals surface area contributed by atoms with Crippen LogP contribution in [-0.4, -0.2) is 29.8 Å². The first-order valence-corrected chi connectivity index (χ1v) is 8.53. The first-order valence-electron chi connectivity index (χ1n) is 8.53. The van der Waals surface area contributed by atoms with Crippen LogP contribution in [-0.2, 0) is 20.8 Å². The summed E-state index contributed by atoms with van der Waals surface area (Å²) < 4.78 is 0. The lowest BCUT2D eigenvalue weighted by Crippen LogP contribution is -2.53. The third kappa shape index (κ3) is 6.57. The highest BCUT2D eigenvalue weighted by Crippen LogP contribution is 2.16. The van der Waals surface area contributed by atoms with Gasteiger partial charge >= 0.3 is 0 Å². The molecule has 0 bridgehead atoms. The Morgan fingerprint density at radius 1 is 1.04 bits per heavy atom. The molecule has 0 aliphatic carbocycles. The molecule has 25 heavy (non-hydrogen) atoms.